The Morgan fingerprint density at radius 3 is 2.82 bits per heavy atom. The molecule has 0 aliphatic carbocycles. The summed E-state index contributed by atoms with van der Waals surface area (Å²) < 4.78 is 4.24. The molecule has 0 radical (unpaired) electrons. The lowest BCUT2D eigenvalue weighted by molar-refractivity contribution is 0.634. The van der Waals surface area contributed by atoms with Gasteiger partial charge in [-0.1, -0.05) is 26.8 Å². The monoisotopic (exact) mass is 461 g/mol. The minimum atomic E-state index is -0.161. The summed E-state index contributed by atoms with van der Waals surface area (Å²) in [5.74, 6) is 0. The third-order valence-corrected chi connectivity index (χ3v) is 6.14. The molecule has 0 fully saturated rings. The van der Waals surface area contributed by atoms with E-state index in [0.29, 0.717) is 18.5 Å². The lowest BCUT2D eigenvalue weighted by Gasteiger charge is -2.05. The molecule has 5 aromatic rings. The molecule has 0 unspecified atom stereocenters. The van der Waals surface area contributed by atoms with Crippen LogP contribution in [0.5, 0.6) is 0 Å². The van der Waals surface area contributed by atoms with Crippen LogP contribution in [0.4, 0.5) is 0 Å². The van der Waals surface area contributed by atoms with Gasteiger partial charge in [-0.2, -0.15) is 5.10 Å². The average Bonchev–Trinajstić information content (AvgIpc) is 3.47. The molecule has 9 heteroatoms. The molecule has 0 saturated heterocycles. The summed E-state index contributed by atoms with van der Waals surface area (Å²) in [7, 11) is 1.86. The van der Waals surface area contributed by atoms with Gasteiger partial charge in [0, 0.05) is 30.4 Å². The Morgan fingerprint density at radius 1 is 1.27 bits per heavy atom. The van der Waals surface area contributed by atoms with E-state index in [4.69, 9.17) is 10.7 Å². The number of H-pyrrole nitrogens is 1. The van der Waals surface area contributed by atoms with Crippen LogP contribution in [0, 0.1) is 0 Å². The van der Waals surface area contributed by atoms with Gasteiger partial charge in [-0.05, 0) is 36.0 Å². The molecule has 3 N–H and O–H groups in total. The number of fused-ring (bicyclic) bond motifs is 4. The Balaban J connectivity index is 0.000000821. The van der Waals surface area contributed by atoms with E-state index >= 15 is 0 Å². The molecule has 0 aromatic carbocycles. The summed E-state index contributed by atoms with van der Waals surface area (Å²) in [6, 6.07) is 5.85. The van der Waals surface area contributed by atoms with E-state index in [1.165, 1.54) is 17.3 Å². The van der Waals surface area contributed by atoms with Crippen LogP contribution in [-0.4, -0.2) is 29.3 Å². The summed E-state index contributed by atoms with van der Waals surface area (Å²) in [5.41, 5.74) is 9.08. The van der Waals surface area contributed by atoms with Gasteiger partial charge in [0.2, 0.25) is 0 Å². The van der Waals surface area contributed by atoms with E-state index in [2.05, 4.69) is 35.5 Å². The summed E-state index contributed by atoms with van der Waals surface area (Å²) in [5, 5.41) is 7.17. The molecular formula is C24H27N7OS. The largest absolute Gasteiger partial charge is 0.405 e. The number of thiazole rings is 1. The zero-order valence-electron chi connectivity index (χ0n) is 19.0. The van der Waals surface area contributed by atoms with Crippen molar-refractivity contribution in [3.63, 3.8) is 0 Å². The SMILES string of the molecule is C=C(/C=C\N)Cc1nc2c(s1)c1cnn(Cc3ccc4cc[nH]c4n3)c(=O)c1n2C.CCC. The molecule has 0 aliphatic heterocycles. The molecule has 170 valence electrons. The van der Waals surface area contributed by atoms with Crippen molar-refractivity contribution in [2.24, 2.45) is 12.8 Å². The molecule has 5 heterocycles. The highest BCUT2D eigenvalue weighted by atomic mass is 32.1. The third kappa shape index (κ3) is 4.31. The zero-order valence-corrected chi connectivity index (χ0v) is 19.8. The molecule has 8 nitrogen and oxygen atoms in total. The lowest BCUT2D eigenvalue weighted by Crippen LogP contribution is -2.25. The fraction of sp³-hybridized carbons (Fsp3) is 0.250. The maximum absolute atomic E-state index is 13.2. The maximum atomic E-state index is 13.2. The normalized spacial score (nSPS) is 11.5. The molecule has 0 aliphatic rings. The van der Waals surface area contributed by atoms with Gasteiger partial charge in [-0.15, -0.1) is 11.3 Å². The van der Waals surface area contributed by atoms with E-state index < -0.39 is 0 Å². The maximum Gasteiger partial charge on any atom is 0.291 e. The minimum Gasteiger partial charge on any atom is -0.405 e. The molecule has 0 atom stereocenters. The fourth-order valence-electron chi connectivity index (χ4n) is 3.62. The van der Waals surface area contributed by atoms with Gasteiger partial charge in [-0.3, -0.25) is 4.79 Å². The lowest BCUT2D eigenvalue weighted by atomic mass is 10.2. The van der Waals surface area contributed by atoms with Crippen molar-refractivity contribution in [1.29, 1.82) is 0 Å². The van der Waals surface area contributed by atoms with Crippen LogP contribution in [0.25, 0.3) is 32.3 Å². The molecule has 33 heavy (non-hydrogen) atoms. The second-order valence-electron chi connectivity index (χ2n) is 7.81. The minimum absolute atomic E-state index is 0.161. The number of nitrogens with one attached hydrogen (secondary N) is 1. The predicted molar refractivity (Wildman–Crippen MR) is 135 cm³/mol. The van der Waals surface area contributed by atoms with Gasteiger partial charge in [0.05, 0.1) is 23.1 Å². The number of allylic oxidation sites excluding steroid dienone is 2. The fourth-order valence-corrected chi connectivity index (χ4v) is 4.78. The van der Waals surface area contributed by atoms with Crippen molar-refractivity contribution in [2.75, 3.05) is 0 Å². The highest BCUT2D eigenvalue weighted by Gasteiger charge is 2.18. The van der Waals surface area contributed by atoms with Gasteiger partial charge in [0.1, 0.15) is 16.2 Å². The van der Waals surface area contributed by atoms with Gasteiger partial charge < -0.3 is 15.3 Å². The summed E-state index contributed by atoms with van der Waals surface area (Å²) in [6.45, 7) is 8.53. The van der Waals surface area contributed by atoms with Crippen molar-refractivity contribution in [2.45, 2.75) is 33.2 Å². The second kappa shape index (κ2) is 9.41. The molecule has 5 aromatic heterocycles. The van der Waals surface area contributed by atoms with Crippen LogP contribution in [0.2, 0.25) is 0 Å². The first-order chi connectivity index (χ1) is 16.0. The topological polar surface area (TPSA) is 107 Å². The predicted octanol–water partition coefficient (Wildman–Crippen LogP) is 4.26. The van der Waals surface area contributed by atoms with E-state index in [-0.39, 0.29) is 5.56 Å². The van der Waals surface area contributed by atoms with E-state index in [1.807, 2.05) is 36.0 Å². The number of nitrogens with zero attached hydrogens (tertiary/aromatic N) is 5. The molecular weight excluding hydrogens is 434 g/mol. The number of aryl methyl sites for hydroxylation is 1. The van der Waals surface area contributed by atoms with Crippen LogP contribution in [0.15, 0.2) is 59.8 Å². The standard InChI is InChI=1S/C21H19N7OS.C3H8/c1-12(5-7-22)9-16-26-20-18(30-16)15-10-24-28(21(29)17(15)27(20)2)11-14-4-3-13-6-8-23-19(13)25-14;1-3-2/h3-8,10H,1,9,11,22H2,2H3,(H,23,25);3H2,1-2H3/b7-5-;. The molecule has 0 saturated carbocycles. The molecule has 0 bridgehead atoms. The van der Waals surface area contributed by atoms with E-state index in [9.17, 15) is 4.79 Å². The highest BCUT2D eigenvalue weighted by Crippen LogP contribution is 2.31. The van der Waals surface area contributed by atoms with Crippen molar-refractivity contribution in [3.05, 3.63) is 76.1 Å². The van der Waals surface area contributed by atoms with Crippen LogP contribution >= 0.6 is 11.3 Å². The van der Waals surface area contributed by atoms with Crippen LogP contribution < -0.4 is 11.3 Å². The average molecular weight is 462 g/mol. The quantitative estimate of drug-likeness (QED) is 0.380. The number of aromatic nitrogens is 6. The number of pyridine rings is 1. The first kappa shape index (κ1) is 22.5. The molecule has 0 amide bonds. The summed E-state index contributed by atoms with van der Waals surface area (Å²) >= 11 is 1.55. The first-order valence-corrected chi connectivity index (χ1v) is 11.6. The van der Waals surface area contributed by atoms with Gasteiger partial charge in [0.15, 0.2) is 5.65 Å². The number of aromatic amines is 1. The van der Waals surface area contributed by atoms with Gasteiger partial charge >= 0.3 is 0 Å². The van der Waals surface area contributed by atoms with Gasteiger partial charge in [-0.25, -0.2) is 14.6 Å². The van der Waals surface area contributed by atoms with Gasteiger partial charge in [0.25, 0.3) is 5.56 Å². The first-order valence-electron chi connectivity index (χ1n) is 10.8. The van der Waals surface area contributed by atoms with E-state index in [1.54, 1.807) is 23.6 Å². The summed E-state index contributed by atoms with van der Waals surface area (Å²) in [4.78, 5) is 25.5. The Kier molecular flexibility index (Phi) is 6.41. The van der Waals surface area contributed by atoms with E-state index in [0.717, 1.165) is 43.0 Å². The molecule has 0 spiro atoms. The van der Waals surface area contributed by atoms with Crippen molar-refractivity contribution in [3.8, 4) is 0 Å². The number of hydrogen-bond acceptors (Lipinski definition) is 6. The Labute approximate surface area is 195 Å². The molecule has 5 rings (SSSR count). The second-order valence-corrected chi connectivity index (χ2v) is 8.89. The summed E-state index contributed by atoms with van der Waals surface area (Å²) in [6.07, 6.45) is 8.69. The van der Waals surface area contributed by atoms with Crippen molar-refractivity contribution in [1.82, 2.24) is 29.3 Å². The smallest absolute Gasteiger partial charge is 0.291 e. The third-order valence-electron chi connectivity index (χ3n) is 5.06. The highest BCUT2D eigenvalue weighted by molar-refractivity contribution is 7.19. The number of rotatable bonds is 5. The van der Waals surface area contributed by atoms with Crippen LogP contribution in [0.1, 0.15) is 31.0 Å². The Bertz CT molecular complexity index is 1530. The number of nitrogens with two attached hydrogens (primary N) is 1. The number of hydrogen-bond donors (Lipinski definition) is 2. The van der Waals surface area contributed by atoms with Crippen molar-refractivity contribution >= 4 is 43.6 Å². The van der Waals surface area contributed by atoms with Crippen molar-refractivity contribution < 1.29 is 0 Å². The zero-order chi connectivity index (χ0) is 23.5. The Hall–Kier alpha value is -3.72. The Morgan fingerprint density at radius 2 is 2.06 bits per heavy atom. The van der Waals surface area contributed by atoms with Crippen LogP contribution in [-0.2, 0) is 20.0 Å². The van der Waals surface area contributed by atoms with Crippen LogP contribution in [0.3, 0.4) is 0 Å².